The lowest BCUT2D eigenvalue weighted by Crippen LogP contribution is -2.41. The van der Waals surface area contributed by atoms with Crippen LogP contribution in [0.3, 0.4) is 0 Å². The summed E-state index contributed by atoms with van der Waals surface area (Å²) < 4.78 is 2.25. The van der Waals surface area contributed by atoms with Crippen LogP contribution < -0.4 is 4.90 Å². The van der Waals surface area contributed by atoms with Crippen molar-refractivity contribution in [2.75, 3.05) is 18.0 Å². The maximum absolute atomic E-state index is 11.7. The van der Waals surface area contributed by atoms with Crippen molar-refractivity contribution in [3.63, 3.8) is 0 Å². The molecular weight excluding hydrogens is 296 g/mol. The summed E-state index contributed by atoms with van der Waals surface area (Å²) in [6.07, 6.45) is 4.59. The van der Waals surface area contributed by atoms with Crippen LogP contribution >= 0.6 is 0 Å². The van der Waals surface area contributed by atoms with E-state index in [0.29, 0.717) is 6.54 Å². The second kappa shape index (κ2) is 6.06. The molecular formula is C21H25N2O+. The molecule has 0 saturated carbocycles. The third-order valence-electron chi connectivity index (χ3n) is 5.37. The van der Waals surface area contributed by atoms with Crippen molar-refractivity contribution in [1.82, 2.24) is 0 Å². The van der Waals surface area contributed by atoms with E-state index in [1.807, 2.05) is 30.3 Å². The fraction of sp³-hybridized carbons (Fsp3) is 0.381. The molecule has 0 aliphatic carbocycles. The van der Waals surface area contributed by atoms with Crippen molar-refractivity contribution < 1.29 is 9.68 Å². The van der Waals surface area contributed by atoms with Gasteiger partial charge in [0.15, 0.2) is 6.54 Å². The Labute approximate surface area is 143 Å². The van der Waals surface area contributed by atoms with Crippen molar-refractivity contribution in [2.24, 2.45) is 0 Å². The van der Waals surface area contributed by atoms with Crippen LogP contribution in [0.1, 0.15) is 36.8 Å². The molecule has 0 radical (unpaired) electrons. The lowest BCUT2D eigenvalue weighted by molar-refractivity contribution is -0.658. The van der Waals surface area contributed by atoms with Gasteiger partial charge in [-0.15, -0.1) is 0 Å². The minimum absolute atomic E-state index is 0.594. The monoisotopic (exact) mass is 321 g/mol. The first-order chi connectivity index (χ1) is 11.7. The van der Waals surface area contributed by atoms with Crippen molar-refractivity contribution in [3.8, 4) is 0 Å². The van der Waals surface area contributed by atoms with Gasteiger partial charge in [0.25, 0.3) is 11.6 Å². The molecule has 3 heteroatoms. The van der Waals surface area contributed by atoms with Gasteiger partial charge in [-0.1, -0.05) is 48.5 Å². The van der Waals surface area contributed by atoms with E-state index in [1.54, 1.807) is 0 Å². The second-order valence-corrected chi connectivity index (χ2v) is 6.93. The van der Waals surface area contributed by atoms with Gasteiger partial charge in [0.2, 0.25) is 0 Å². The summed E-state index contributed by atoms with van der Waals surface area (Å²) in [5.74, 6) is 1.27. The number of rotatable bonds is 2. The highest BCUT2D eigenvalue weighted by atomic mass is 16.3. The van der Waals surface area contributed by atoms with E-state index in [0.717, 1.165) is 24.9 Å². The van der Waals surface area contributed by atoms with Crippen LogP contribution in [-0.2, 0) is 5.72 Å². The molecule has 24 heavy (non-hydrogen) atoms. The summed E-state index contributed by atoms with van der Waals surface area (Å²) in [6.45, 7) is 3.66. The Bertz CT molecular complexity index is 768. The number of β-amino-alcohol motifs (C(OH)–C–C–N with tert-alkyl or cyclic N) is 1. The zero-order valence-electron chi connectivity index (χ0n) is 14.3. The molecule has 0 fully saturated rings. The number of aryl methyl sites for hydroxylation is 1. The second-order valence-electron chi connectivity index (χ2n) is 6.93. The quantitative estimate of drug-likeness (QED) is 0.855. The largest absolute Gasteiger partial charge is 0.346 e. The van der Waals surface area contributed by atoms with Gasteiger partial charge in [-0.2, -0.15) is 0 Å². The van der Waals surface area contributed by atoms with Crippen LogP contribution in [0.25, 0.3) is 0 Å². The lowest BCUT2D eigenvalue weighted by atomic mass is 10.0. The first kappa shape index (κ1) is 15.4. The van der Waals surface area contributed by atoms with Crippen molar-refractivity contribution in [2.45, 2.75) is 38.3 Å². The fourth-order valence-corrected chi connectivity index (χ4v) is 4.11. The minimum Gasteiger partial charge on any atom is -0.346 e. The molecule has 0 aromatic heterocycles. The van der Waals surface area contributed by atoms with Gasteiger partial charge in [0.1, 0.15) is 5.69 Å². The Morgan fingerprint density at radius 3 is 2.50 bits per heavy atom. The number of para-hydroxylation sites is 1. The van der Waals surface area contributed by atoms with E-state index in [4.69, 9.17) is 0 Å². The normalized spacial score (nSPS) is 24.0. The maximum Gasteiger partial charge on any atom is 0.271 e. The van der Waals surface area contributed by atoms with Crippen LogP contribution in [0.2, 0.25) is 0 Å². The van der Waals surface area contributed by atoms with Gasteiger partial charge in [-0.25, -0.2) is 9.48 Å². The number of anilines is 1. The van der Waals surface area contributed by atoms with Crippen molar-refractivity contribution in [1.29, 1.82) is 0 Å². The number of amidine groups is 1. The molecule has 4 rings (SSSR count). The Morgan fingerprint density at radius 1 is 0.958 bits per heavy atom. The summed E-state index contributed by atoms with van der Waals surface area (Å²) >= 11 is 0. The van der Waals surface area contributed by atoms with Crippen LogP contribution in [0.15, 0.2) is 54.6 Å². The first-order valence-electron chi connectivity index (χ1n) is 8.95. The van der Waals surface area contributed by atoms with Crippen LogP contribution in [0.5, 0.6) is 0 Å². The standard InChI is InChI=1S/C21H25N2O/c1-17-10-7-8-13-19(17)22-16-21(24,18-11-4-2-5-12-18)23-15-9-3-6-14-20(22)23/h2,4-5,7-8,10-13,24H,3,6,9,14-16H2,1H3/q+1. The smallest absolute Gasteiger partial charge is 0.271 e. The van der Waals surface area contributed by atoms with E-state index in [-0.39, 0.29) is 0 Å². The molecule has 0 amide bonds. The predicted octanol–water partition coefficient (Wildman–Crippen LogP) is 3.65. The van der Waals surface area contributed by atoms with E-state index in [1.165, 1.54) is 29.9 Å². The van der Waals surface area contributed by atoms with E-state index < -0.39 is 5.72 Å². The molecule has 2 heterocycles. The van der Waals surface area contributed by atoms with Gasteiger partial charge < -0.3 is 5.11 Å². The van der Waals surface area contributed by atoms with Gasteiger partial charge in [-0.05, 0) is 37.8 Å². The summed E-state index contributed by atoms with van der Waals surface area (Å²) in [4.78, 5) is 2.34. The van der Waals surface area contributed by atoms with Gasteiger partial charge in [0, 0.05) is 12.0 Å². The zero-order chi connectivity index (χ0) is 16.6. The van der Waals surface area contributed by atoms with Gasteiger partial charge in [-0.3, -0.25) is 0 Å². The van der Waals surface area contributed by atoms with Gasteiger partial charge >= 0.3 is 0 Å². The predicted molar refractivity (Wildman–Crippen MR) is 97.5 cm³/mol. The number of hydrogen-bond donors (Lipinski definition) is 1. The Balaban J connectivity index is 1.84. The fourth-order valence-electron chi connectivity index (χ4n) is 4.11. The van der Waals surface area contributed by atoms with Crippen molar-refractivity contribution in [3.05, 3.63) is 65.7 Å². The number of hydrogen-bond acceptors (Lipinski definition) is 2. The molecule has 3 nitrogen and oxygen atoms in total. The Hall–Kier alpha value is -2.13. The average Bonchev–Trinajstić information content (AvgIpc) is 2.78. The number of nitrogens with zero attached hydrogens (tertiary/aromatic N) is 2. The molecule has 0 bridgehead atoms. The van der Waals surface area contributed by atoms with Gasteiger partial charge in [0.05, 0.1) is 6.54 Å². The highest BCUT2D eigenvalue weighted by Crippen LogP contribution is 2.36. The summed E-state index contributed by atoms with van der Waals surface area (Å²) in [7, 11) is 0. The third-order valence-corrected chi connectivity index (χ3v) is 5.37. The topological polar surface area (TPSA) is 26.5 Å². The number of benzene rings is 2. The molecule has 1 N–H and O–H groups in total. The summed E-state index contributed by atoms with van der Waals surface area (Å²) in [5.41, 5.74) is 2.52. The molecule has 1 unspecified atom stereocenters. The minimum atomic E-state index is -0.941. The van der Waals surface area contributed by atoms with Crippen LogP contribution in [0, 0.1) is 6.92 Å². The Morgan fingerprint density at radius 2 is 1.71 bits per heavy atom. The lowest BCUT2D eigenvalue weighted by Gasteiger charge is -2.23. The van der Waals surface area contributed by atoms with E-state index in [2.05, 4.69) is 40.7 Å². The summed E-state index contributed by atoms with van der Waals surface area (Å²) in [5, 5.41) is 11.7. The molecule has 2 aromatic carbocycles. The molecule has 0 saturated heterocycles. The Kier molecular flexibility index (Phi) is 3.89. The third kappa shape index (κ3) is 2.44. The first-order valence-corrected chi connectivity index (χ1v) is 8.95. The molecule has 124 valence electrons. The zero-order valence-corrected chi connectivity index (χ0v) is 14.3. The highest BCUT2D eigenvalue weighted by molar-refractivity contribution is 5.96. The SMILES string of the molecule is Cc1ccccc1N1CC(O)(c2ccccc2)[N+]2=C1CCCCC2. The average molecular weight is 321 g/mol. The molecule has 2 aliphatic heterocycles. The highest BCUT2D eigenvalue weighted by Gasteiger charge is 2.52. The van der Waals surface area contributed by atoms with Crippen molar-refractivity contribution >= 4 is 11.5 Å². The van der Waals surface area contributed by atoms with E-state index in [9.17, 15) is 5.11 Å². The molecule has 0 spiro atoms. The number of aliphatic hydroxyl groups is 1. The van der Waals surface area contributed by atoms with E-state index >= 15 is 0 Å². The molecule has 2 aromatic rings. The van der Waals surface area contributed by atoms with Crippen LogP contribution in [0.4, 0.5) is 5.69 Å². The maximum atomic E-state index is 11.7. The molecule has 2 aliphatic rings. The summed E-state index contributed by atoms with van der Waals surface area (Å²) in [6, 6.07) is 18.6. The van der Waals surface area contributed by atoms with Crippen LogP contribution in [-0.4, -0.2) is 28.6 Å². The molecule has 1 atom stereocenters.